The first kappa shape index (κ1) is 17.4. The van der Waals surface area contributed by atoms with Crippen molar-refractivity contribution in [2.75, 3.05) is 10.2 Å². The number of hydrogen-bond acceptors (Lipinski definition) is 7. The lowest BCUT2D eigenvalue weighted by atomic mass is 9.96. The van der Waals surface area contributed by atoms with Crippen molar-refractivity contribution in [2.24, 2.45) is 5.73 Å². The van der Waals surface area contributed by atoms with E-state index in [0.717, 1.165) is 36.9 Å². The number of nitrogens with one attached hydrogen (secondary N) is 2. The number of aromatic nitrogens is 4. The van der Waals surface area contributed by atoms with Gasteiger partial charge in [0.1, 0.15) is 11.9 Å². The summed E-state index contributed by atoms with van der Waals surface area (Å²) in [6.07, 6.45) is 7.44. The van der Waals surface area contributed by atoms with Crippen molar-refractivity contribution in [2.45, 2.75) is 43.8 Å². The third-order valence-corrected chi connectivity index (χ3v) is 5.94. The van der Waals surface area contributed by atoms with Crippen LogP contribution in [-0.2, 0) is 0 Å². The van der Waals surface area contributed by atoms with Crippen molar-refractivity contribution >= 4 is 28.4 Å². The molecule has 2 bridgehead atoms. The van der Waals surface area contributed by atoms with Crippen LogP contribution in [0.3, 0.4) is 0 Å². The van der Waals surface area contributed by atoms with Crippen molar-refractivity contribution in [3.05, 3.63) is 41.9 Å². The third-order valence-electron chi connectivity index (χ3n) is 5.94. The highest BCUT2D eigenvalue weighted by atomic mass is 16.1. The van der Waals surface area contributed by atoms with Crippen molar-refractivity contribution in [3.8, 4) is 6.07 Å². The van der Waals surface area contributed by atoms with E-state index < -0.39 is 5.91 Å². The molecule has 29 heavy (non-hydrogen) atoms. The Hall–Kier alpha value is -3.67. The van der Waals surface area contributed by atoms with Crippen LogP contribution in [-0.4, -0.2) is 44.2 Å². The lowest BCUT2D eigenvalue weighted by Crippen LogP contribution is -2.47. The zero-order valence-corrected chi connectivity index (χ0v) is 15.7. The van der Waals surface area contributed by atoms with Gasteiger partial charge >= 0.3 is 0 Å². The summed E-state index contributed by atoms with van der Waals surface area (Å²) in [6.45, 7) is 0. The van der Waals surface area contributed by atoms with Gasteiger partial charge in [-0.1, -0.05) is 0 Å². The van der Waals surface area contributed by atoms with Gasteiger partial charge in [0.25, 0.3) is 5.91 Å². The summed E-state index contributed by atoms with van der Waals surface area (Å²) in [7, 11) is 0. The Morgan fingerprint density at radius 1 is 1.24 bits per heavy atom. The Labute approximate surface area is 166 Å². The molecule has 5 heterocycles. The average molecular weight is 388 g/mol. The van der Waals surface area contributed by atoms with Crippen LogP contribution >= 0.6 is 0 Å². The predicted molar refractivity (Wildman–Crippen MR) is 107 cm³/mol. The molecule has 2 aliphatic heterocycles. The number of pyridine rings is 1. The largest absolute Gasteiger partial charge is 0.380 e. The van der Waals surface area contributed by atoms with Crippen LogP contribution in [0.1, 0.15) is 41.7 Å². The molecule has 0 saturated carbocycles. The van der Waals surface area contributed by atoms with Crippen LogP contribution in [0.5, 0.6) is 0 Å². The fourth-order valence-corrected chi connectivity index (χ4v) is 4.72. The minimum Gasteiger partial charge on any atom is -0.380 e. The highest BCUT2D eigenvalue weighted by Gasteiger charge is 2.41. The molecular weight excluding hydrogens is 368 g/mol. The monoisotopic (exact) mass is 388 g/mol. The number of H-pyrrole nitrogens is 1. The van der Waals surface area contributed by atoms with E-state index >= 15 is 0 Å². The number of carbonyl (C=O) groups is 1. The molecule has 1 amide bonds. The fraction of sp³-hybridized carbons (Fsp3) is 0.350. The van der Waals surface area contributed by atoms with Crippen LogP contribution in [0.4, 0.5) is 11.5 Å². The molecule has 2 fully saturated rings. The second-order valence-electron chi connectivity index (χ2n) is 7.65. The molecule has 3 aromatic heterocycles. The first-order valence-corrected chi connectivity index (χ1v) is 9.68. The van der Waals surface area contributed by atoms with Gasteiger partial charge in [-0.2, -0.15) is 5.26 Å². The highest BCUT2D eigenvalue weighted by Crippen LogP contribution is 2.40. The maximum absolute atomic E-state index is 11.9. The van der Waals surface area contributed by atoms with E-state index in [0.29, 0.717) is 29.0 Å². The summed E-state index contributed by atoms with van der Waals surface area (Å²) in [4.78, 5) is 21.8. The van der Waals surface area contributed by atoms with Gasteiger partial charge in [-0.25, -0.2) is 4.98 Å². The number of carbonyl (C=O) groups excluding carboxylic acids is 1. The third kappa shape index (κ3) is 2.93. The van der Waals surface area contributed by atoms with Crippen molar-refractivity contribution < 1.29 is 4.79 Å². The maximum Gasteiger partial charge on any atom is 0.271 e. The molecule has 3 aromatic rings. The Kier molecular flexibility index (Phi) is 4.05. The minimum atomic E-state index is -0.592. The number of nitriles is 1. The second-order valence-corrected chi connectivity index (χ2v) is 7.65. The van der Waals surface area contributed by atoms with E-state index in [2.05, 4.69) is 36.5 Å². The Morgan fingerprint density at radius 3 is 2.69 bits per heavy atom. The van der Waals surface area contributed by atoms with E-state index in [9.17, 15) is 4.79 Å². The smallest absolute Gasteiger partial charge is 0.271 e. The molecule has 2 unspecified atom stereocenters. The fourth-order valence-electron chi connectivity index (χ4n) is 4.72. The average Bonchev–Trinajstić information content (AvgIpc) is 3.31. The molecule has 9 heteroatoms. The van der Waals surface area contributed by atoms with Crippen LogP contribution in [0, 0.1) is 11.3 Å². The van der Waals surface area contributed by atoms with Crippen LogP contribution in [0.25, 0.3) is 11.0 Å². The topological polar surface area (TPSA) is 137 Å². The van der Waals surface area contributed by atoms with Crippen molar-refractivity contribution in [3.63, 3.8) is 0 Å². The summed E-state index contributed by atoms with van der Waals surface area (Å²) < 4.78 is 0. The number of nitrogens with two attached hydrogens (primary N) is 1. The number of piperidine rings is 1. The van der Waals surface area contributed by atoms with Gasteiger partial charge in [0.05, 0.1) is 11.3 Å². The molecule has 0 spiro atoms. The molecule has 0 aromatic carbocycles. The molecule has 9 nitrogen and oxygen atoms in total. The number of amides is 1. The quantitative estimate of drug-likeness (QED) is 0.621. The Bertz CT molecular complexity index is 1100. The van der Waals surface area contributed by atoms with Gasteiger partial charge in [0.2, 0.25) is 0 Å². The number of hydrogen-bond donors (Lipinski definition) is 3. The first-order valence-electron chi connectivity index (χ1n) is 9.68. The zero-order valence-electron chi connectivity index (χ0n) is 15.7. The molecule has 0 aliphatic carbocycles. The minimum absolute atomic E-state index is 0.167. The summed E-state index contributed by atoms with van der Waals surface area (Å²) in [6, 6.07) is 8.66. The number of aromatic amines is 1. The number of fused-ring (bicyclic) bond motifs is 3. The molecule has 4 N–H and O–H groups in total. The molecule has 0 radical (unpaired) electrons. The highest BCUT2D eigenvalue weighted by molar-refractivity contribution is 6.04. The molecule has 5 rings (SSSR count). The Morgan fingerprint density at radius 2 is 2.03 bits per heavy atom. The van der Waals surface area contributed by atoms with Crippen LogP contribution < -0.4 is 16.0 Å². The molecule has 2 aliphatic rings. The SMILES string of the molecule is N#Cc1ccc(N2C3CCC2CC(Nc2c(C(N)=O)nnc4[nH]ccc24)C3)nc1. The lowest BCUT2D eigenvalue weighted by Gasteiger charge is -2.40. The van der Waals surface area contributed by atoms with Crippen LogP contribution in [0.15, 0.2) is 30.6 Å². The maximum atomic E-state index is 11.9. The number of anilines is 2. The molecule has 146 valence electrons. The summed E-state index contributed by atoms with van der Waals surface area (Å²) in [5, 5.41) is 21.4. The van der Waals surface area contributed by atoms with E-state index in [1.165, 1.54) is 0 Å². The number of primary amides is 1. The van der Waals surface area contributed by atoms with Crippen molar-refractivity contribution in [1.82, 2.24) is 20.2 Å². The summed E-state index contributed by atoms with van der Waals surface area (Å²) in [5.74, 6) is 0.330. The van der Waals surface area contributed by atoms with Gasteiger partial charge in [-0.15, -0.1) is 10.2 Å². The zero-order chi connectivity index (χ0) is 20.0. The normalized spacial score (nSPS) is 23.1. The predicted octanol–water partition coefficient (Wildman–Crippen LogP) is 1.94. The molecular formula is C20H20N8O. The van der Waals surface area contributed by atoms with E-state index in [-0.39, 0.29) is 11.7 Å². The van der Waals surface area contributed by atoms with Gasteiger partial charge < -0.3 is 20.9 Å². The van der Waals surface area contributed by atoms with Crippen LogP contribution in [0.2, 0.25) is 0 Å². The number of rotatable bonds is 4. The first-order chi connectivity index (χ1) is 14.1. The summed E-state index contributed by atoms with van der Waals surface area (Å²) in [5.41, 5.74) is 7.55. The van der Waals surface area contributed by atoms with E-state index in [4.69, 9.17) is 11.0 Å². The number of nitrogens with zero attached hydrogens (tertiary/aromatic N) is 5. The molecule has 2 saturated heterocycles. The van der Waals surface area contributed by atoms with Gasteiger partial charge in [-0.05, 0) is 43.9 Å². The van der Waals surface area contributed by atoms with Gasteiger partial charge in [0.15, 0.2) is 11.3 Å². The van der Waals surface area contributed by atoms with E-state index in [1.54, 1.807) is 12.4 Å². The van der Waals surface area contributed by atoms with Gasteiger partial charge in [-0.3, -0.25) is 4.79 Å². The lowest BCUT2D eigenvalue weighted by molar-refractivity contribution is 0.0995. The Balaban J connectivity index is 1.40. The summed E-state index contributed by atoms with van der Waals surface area (Å²) >= 11 is 0. The molecule has 2 atom stereocenters. The standard InChI is InChI=1S/C20H20N8O/c21-9-11-1-4-16(24-10-11)28-13-2-3-14(28)8-12(7-13)25-17-15-5-6-23-20(15)27-26-18(17)19(22)29/h1,4-6,10,12-14H,2-3,7-8H2,(H2,22,29)(H2,23,25,27). The van der Waals surface area contributed by atoms with Crippen molar-refractivity contribution in [1.29, 1.82) is 5.26 Å². The van der Waals surface area contributed by atoms with Gasteiger partial charge in [0, 0.05) is 35.9 Å². The second kappa shape index (κ2) is 6.74. The van der Waals surface area contributed by atoms with E-state index in [1.807, 2.05) is 18.2 Å².